The van der Waals surface area contributed by atoms with Crippen LogP contribution < -0.4 is 5.11 Å². The molecule has 0 aromatic carbocycles. The molecule has 103 heavy (non-hydrogen) atoms. The SMILES string of the molecule is CC/C=C\C/C=C\C/C=C\C/C=C\C/C=C\C/C=C\C/C=C\C/C=C\C/C=C\CCCCCCCCCCCCCCCC(=O)OC(COC(=O)CCCCCCCCCCCCCCCCCCCCCCCCCC/C=C\C/C=C\C/C=C\C/C=C\CC)COC(OCC[N+](C)(C)C)C(=O)[O-]. The van der Waals surface area contributed by atoms with E-state index >= 15 is 0 Å². The Morgan fingerprint density at radius 1 is 0.291 bits per heavy atom. The zero-order chi connectivity index (χ0) is 74.6. The molecule has 0 fully saturated rings. The minimum atomic E-state index is -1.63. The van der Waals surface area contributed by atoms with Crippen molar-refractivity contribution < 1.29 is 42.9 Å². The topological polar surface area (TPSA) is 111 Å². The van der Waals surface area contributed by atoms with Gasteiger partial charge in [0.15, 0.2) is 12.4 Å². The van der Waals surface area contributed by atoms with Crippen LogP contribution in [0, 0.1) is 0 Å². The summed E-state index contributed by atoms with van der Waals surface area (Å²) < 4.78 is 22.9. The fourth-order valence-corrected chi connectivity index (χ4v) is 11.9. The quantitative estimate of drug-likeness (QED) is 0.0195. The highest BCUT2D eigenvalue weighted by molar-refractivity contribution is 5.70. The van der Waals surface area contributed by atoms with Gasteiger partial charge in [0.25, 0.3) is 0 Å². The number of ether oxygens (including phenoxy) is 4. The lowest BCUT2D eigenvalue weighted by Crippen LogP contribution is -2.44. The first kappa shape index (κ1) is 97.9. The Labute approximate surface area is 635 Å². The summed E-state index contributed by atoms with van der Waals surface area (Å²) in [6.07, 6.45) is 120. The van der Waals surface area contributed by atoms with Crippen LogP contribution >= 0.6 is 0 Å². The highest BCUT2D eigenvalue weighted by atomic mass is 16.7. The van der Waals surface area contributed by atoms with Gasteiger partial charge in [-0.1, -0.05) is 384 Å². The lowest BCUT2D eigenvalue weighted by molar-refractivity contribution is -0.870. The van der Waals surface area contributed by atoms with Crippen molar-refractivity contribution in [2.75, 3.05) is 47.5 Å². The molecule has 0 radical (unpaired) electrons. The van der Waals surface area contributed by atoms with E-state index in [1.54, 1.807) is 0 Å². The Morgan fingerprint density at radius 2 is 0.524 bits per heavy atom. The maximum Gasteiger partial charge on any atom is 0.306 e. The number of esters is 2. The number of carbonyl (C=O) groups is 3. The van der Waals surface area contributed by atoms with Crippen LogP contribution in [0.5, 0.6) is 0 Å². The number of aliphatic carboxylic acids is 1. The highest BCUT2D eigenvalue weighted by Crippen LogP contribution is 2.19. The number of carboxylic acid groups (broad SMARTS) is 1. The zero-order valence-corrected chi connectivity index (χ0v) is 67.4. The van der Waals surface area contributed by atoms with Gasteiger partial charge in [-0.15, -0.1) is 0 Å². The van der Waals surface area contributed by atoms with Crippen LogP contribution in [0.2, 0.25) is 0 Å². The second kappa shape index (κ2) is 82.6. The molecule has 0 saturated carbocycles. The van der Waals surface area contributed by atoms with Crippen LogP contribution in [0.4, 0.5) is 0 Å². The first-order valence-electron chi connectivity index (χ1n) is 42.6. The van der Waals surface area contributed by atoms with Crippen LogP contribution in [0.25, 0.3) is 0 Å². The molecular weight excluding hydrogens is 1270 g/mol. The van der Waals surface area contributed by atoms with Gasteiger partial charge < -0.3 is 33.3 Å². The van der Waals surface area contributed by atoms with Crippen LogP contribution in [-0.4, -0.2) is 82.3 Å². The molecule has 0 amide bonds. The Kier molecular flexibility index (Phi) is 78.5. The molecule has 0 saturated heterocycles. The fourth-order valence-electron chi connectivity index (χ4n) is 11.9. The number of unbranched alkanes of at least 4 members (excludes halogenated alkanes) is 37. The standard InChI is InChI=1S/C94H159NO8/c1-6-8-10-12-14-16-18-20-22-24-26-28-30-32-34-36-38-40-42-44-45-46-47-49-51-53-55-57-59-61-63-65-67-69-71-73-75-77-79-81-83-85-92(97)103-90(89-102-94(93(98)99)100-87-86-95(3,4)5)88-101-91(96)84-82-80-78-76-74-72-70-68-66-64-62-60-58-56-54-52-50-48-43-41-39-37-35-33-31-29-27-25-23-21-19-17-15-13-11-9-7-2/h8-11,14-17,20-23,26-29,32,34,38,40,44-45,47,49,53,55,90,94H,6-7,12-13,18-19,24-25,30-31,33,35-37,39,41-43,46,48,50-52,54,56-89H2,1-5H3/b10-8-,11-9-,16-14-,17-15-,22-20-,23-21-,28-26-,29-27-,34-32-,40-38-,45-44-,49-47-,55-53-. The van der Waals surface area contributed by atoms with E-state index in [1.165, 1.54) is 205 Å². The van der Waals surface area contributed by atoms with Gasteiger partial charge in [-0.05, 0) is 122 Å². The van der Waals surface area contributed by atoms with Crippen molar-refractivity contribution in [1.29, 1.82) is 0 Å². The number of rotatable bonds is 78. The van der Waals surface area contributed by atoms with Crippen molar-refractivity contribution in [3.63, 3.8) is 0 Å². The van der Waals surface area contributed by atoms with Crippen LogP contribution in [0.3, 0.4) is 0 Å². The third-order valence-electron chi connectivity index (χ3n) is 18.3. The summed E-state index contributed by atoms with van der Waals surface area (Å²) >= 11 is 0. The van der Waals surface area contributed by atoms with E-state index in [1.807, 2.05) is 21.1 Å². The molecular formula is C94H159NO8. The predicted octanol–water partition coefficient (Wildman–Crippen LogP) is 26.6. The first-order chi connectivity index (χ1) is 50.6. The zero-order valence-electron chi connectivity index (χ0n) is 67.4. The van der Waals surface area contributed by atoms with Gasteiger partial charge in [0.05, 0.1) is 40.3 Å². The summed E-state index contributed by atoms with van der Waals surface area (Å²) in [4.78, 5) is 37.7. The number of allylic oxidation sites excluding steroid dienone is 26. The fraction of sp³-hybridized carbons (Fsp3) is 0.691. The van der Waals surface area contributed by atoms with Gasteiger partial charge in [-0.2, -0.15) is 0 Å². The first-order valence-corrected chi connectivity index (χ1v) is 42.6. The molecule has 0 rings (SSSR count). The average molecular weight is 1430 g/mol. The number of carboxylic acids is 1. The molecule has 588 valence electrons. The number of hydrogen-bond acceptors (Lipinski definition) is 8. The van der Waals surface area contributed by atoms with Gasteiger partial charge >= 0.3 is 11.9 Å². The molecule has 2 atom stereocenters. The van der Waals surface area contributed by atoms with Gasteiger partial charge in [0.1, 0.15) is 13.2 Å². The Morgan fingerprint density at radius 3 is 0.777 bits per heavy atom. The van der Waals surface area contributed by atoms with Crippen LogP contribution in [-0.2, 0) is 33.3 Å². The molecule has 9 nitrogen and oxygen atoms in total. The van der Waals surface area contributed by atoms with E-state index in [4.69, 9.17) is 18.9 Å². The Hall–Kier alpha value is -5.09. The molecule has 2 unspecified atom stereocenters. The maximum atomic E-state index is 13.0. The summed E-state index contributed by atoms with van der Waals surface area (Å²) in [6, 6.07) is 0. The minimum Gasteiger partial charge on any atom is -0.545 e. The molecule has 0 spiro atoms. The molecule has 0 aromatic heterocycles. The van der Waals surface area contributed by atoms with Gasteiger partial charge in [-0.3, -0.25) is 9.59 Å². The second-order valence-corrected chi connectivity index (χ2v) is 29.4. The second-order valence-electron chi connectivity index (χ2n) is 29.4. The monoisotopic (exact) mass is 1430 g/mol. The molecule has 0 aliphatic carbocycles. The summed E-state index contributed by atoms with van der Waals surface area (Å²) in [5, 5.41) is 11.9. The van der Waals surface area contributed by atoms with E-state index in [0.717, 1.165) is 122 Å². The van der Waals surface area contributed by atoms with Crippen molar-refractivity contribution in [2.24, 2.45) is 0 Å². The Bertz CT molecular complexity index is 2270. The lowest BCUT2D eigenvalue weighted by Gasteiger charge is -2.26. The summed E-state index contributed by atoms with van der Waals surface area (Å²) in [6.45, 7) is 4.55. The van der Waals surface area contributed by atoms with E-state index in [0.29, 0.717) is 23.9 Å². The van der Waals surface area contributed by atoms with Gasteiger partial charge in [0.2, 0.25) is 0 Å². The van der Waals surface area contributed by atoms with Gasteiger partial charge in [-0.25, -0.2) is 0 Å². The summed E-state index contributed by atoms with van der Waals surface area (Å²) in [5.74, 6) is -2.27. The van der Waals surface area contributed by atoms with E-state index < -0.39 is 24.3 Å². The van der Waals surface area contributed by atoms with Crippen molar-refractivity contribution in [1.82, 2.24) is 0 Å². The third-order valence-corrected chi connectivity index (χ3v) is 18.3. The van der Waals surface area contributed by atoms with Crippen molar-refractivity contribution in [3.05, 3.63) is 158 Å². The molecule has 0 heterocycles. The normalized spacial score (nSPS) is 13.4. The molecule has 0 aliphatic rings. The Balaban J connectivity index is 4.01. The smallest absolute Gasteiger partial charge is 0.306 e. The average Bonchev–Trinajstić information content (AvgIpc) is 1.01. The summed E-state index contributed by atoms with van der Waals surface area (Å²) in [5.41, 5.74) is 0. The number of likely N-dealkylation sites (N-methyl/N-ethyl adjacent to an activating group) is 1. The highest BCUT2D eigenvalue weighted by Gasteiger charge is 2.22. The van der Waals surface area contributed by atoms with E-state index in [2.05, 4.69) is 172 Å². The molecule has 0 aliphatic heterocycles. The van der Waals surface area contributed by atoms with Crippen LogP contribution in [0.1, 0.15) is 361 Å². The number of nitrogens with zero attached hydrogens (tertiary/aromatic N) is 1. The van der Waals surface area contributed by atoms with Crippen LogP contribution in [0.15, 0.2) is 158 Å². The largest absolute Gasteiger partial charge is 0.545 e. The van der Waals surface area contributed by atoms with E-state index in [-0.39, 0.29) is 32.2 Å². The number of carbonyl (C=O) groups excluding carboxylic acids is 3. The molecule has 0 bridgehead atoms. The minimum absolute atomic E-state index is 0.144. The van der Waals surface area contributed by atoms with Crippen molar-refractivity contribution >= 4 is 17.9 Å². The van der Waals surface area contributed by atoms with Crippen molar-refractivity contribution in [3.8, 4) is 0 Å². The van der Waals surface area contributed by atoms with E-state index in [9.17, 15) is 19.5 Å². The molecule has 0 aromatic rings. The van der Waals surface area contributed by atoms with Crippen molar-refractivity contribution in [2.45, 2.75) is 373 Å². The van der Waals surface area contributed by atoms with Gasteiger partial charge in [0, 0.05) is 12.8 Å². The lowest BCUT2D eigenvalue weighted by atomic mass is 10.0. The predicted molar refractivity (Wildman–Crippen MR) is 444 cm³/mol. The molecule has 0 N–H and O–H groups in total. The number of quaternary nitrogens is 1. The maximum absolute atomic E-state index is 13.0. The molecule has 9 heteroatoms. The summed E-state index contributed by atoms with van der Waals surface area (Å²) in [7, 11) is 5.94. The third kappa shape index (κ3) is 84.1. The number of hydrogen-bond donors (Lipinski definition) is 0.